The predicted octanol–water partition coefficient (Wildman–Crippen LogP) is 5.26. The lowest BCUT2D eigenvalue weighted by molar-refractivity contribution is -0.384. The Morgan fingerprint density at radius 2 is 1.56 bits per heavy atom. The molecule has 4 aromatic rings. The largest absolute Gasteiger partial charge is 0.494 e. The molecule has 9 nitrogen and oxygen atoms in total. The number of nitro benzene ring substituents is 1. The molecule has 0 bridgehead atoms. The molecule has 4 rings (SSSR count). The van der Waals surface area contributed by atoms with E-state index < -0.39 is 10.9 Å². The van der Waals surface area contributed by atoms with E-state index in [0.717, 1.165) is 11.1 Å². The third-order valence-corrected chi connectivity index (χ3v) is 5.12. The lowest BCUT2D eigenvalue weighted by Crippen LogP contribution is -2.12. The number of hydrogen-bond donors (Lipinski definition) is 1. The van der Waals surface area contributed by atoms with Gasteiger partial charge < -0.3 is 14.8 Å². The first kappa shape index (κ1) is 22.4. The fourth-order valence-corrected chi connectivity index (χ4v) is 3.53. The molecule has 1 heterocycles. The van der Waals surface area contributed by atoms with Crippen LogP contribution in [0, 0.1) is 10.1 Å². The van der Waals surface area contributed by atoms with Crippen molar-refractivity contribution < 1.29 is 19.2 Å². The Labute approximate surface area is 195 Å². The molecule has 0 saturated carbocycles. The summed E-state index contributed by atoms with van der Waals surface area (Å²) in [6.07, 6.45) is 0. The van der Waals surface area contributed by atoms with E-state index in [0.29, 0.717) is 16.9 Å². The number of non-ortho nitro benzene ring substituents is 1. The van der Waals surface area contributed by atoms with Crippen molar-refractivity contribution in [2.45, 2.75) is 0 Å². The van der Waals surface area contributed by atoms with Crippen molar-refractivity contribution in [2.75, 3.05) is 19.5 Å². The predicted molar refractivity (Wildman–Crippen MR) is 127 cm³/mol. The highest BCUT2D eigenvalue weighted by Crippen LogP contribution is 2.38. The average molecular weight is 456 g/mol. The fourth-order valence-electron chi connectivity index (χ4n) is 3.53. The molecular formula is C25H20N4O5. The Morgan fingerprint density at radius 1 is 0.912 bits per heavy atom. The molecule has 0 aliphatic carbocycles. The fraction of sp³-hybridized carbons (Fsp3) is 0.0800. The van der Waals surface area contributed by atoms with Crippen LogP contribution >= 0.6 is 0 Å². The van der Waals surface area contributed by atoms with Crippen LogP contribution in [0.2, 0.25) is 0 Å². The maximum absolute atomic E-state index is 13.0. The van der Waals surface area contributed by atoms with Crippen LogP contribution in [0.15, 0.2) is 78.9 Å². The molecule has 170 valence electrons. The Balaban J connectivity index is 1.95. The molecular weight excluding hydrogens is 436 g/mol. The van der Waals surface area contributed by atoms with E-state index in [1.807, 2.05) is 60.7 Å². The van der Waals surface area contributed by atoms with Gasteiger partial charge in [0.25, 0.3) is 5.69 Å². The van der Waals surface area contributed by atoms with Crippen LogP contribution in [0.1, 0.15) is 10.4 Å². The molecule has 1 aromatic heterocycles. The Bertz CT molecular complexity index is 1340. The lowest BCUT2D eigenvalue weighted by Gasteiger charge is -2.18. The van der Waals surface area contributed by atoms with Gasteiger partial charge in [-0.05, 0) is 11.6 Å². The highest BCUT2D eigenvalue weighted by atomic mass is 16.6. The summed E-state index contributed by atoms with van der Waals surface area (Å²) in [6.45, 7) is 0. The molecule has 0 atom stereocenters. The molecule has 9 heteroatoms. The molecule has 0 saturated heterocycles. The lowest BCUT2D eigenvalue weighted by atomic mass is 9.95. The van der Waals surface area contributed by atoms with Crippen molar-refractivity contribution in [3.8, 4) is 28.1 Å². The highest BCUT2D eigenvalue weighted by Gasteiger charge is 2.26. The number of nitrogens with one attached hydrogen (secondary N) is 1. The van der Waals surface area contributed by atoms with E-state index in [2.05, 4.69) is 15.5 Å². The molecule has 34 heavy (non-hydrogen) atoms. The van der Waals surface area contributed by atoms with Gasteiger partial charge in [-0.25, -0.2) is 4.79 Å². The SMILES string of the molecule is COC(=O)c1c(Nc2ccc([N+](=O)[O-])cc2OC)nnc(-c2ccccc2)c1-c1ccccc1. The molecule has 0 spiro atoms. The molecule has 0 radical (unpaired) electrons. The number of hydrogen-bond acceptors (Lipinski definition) is 8. The van der Waals surface area contributed by atoms with Gasteiger partial charge in [0.2, 0.25) is 0 Å². The maximum atomic E-state index is 13.0. The van der Waals surface area contributed by atoms with Crippen LogP contribution < -0.4 is 10.1 Å². The number of ether oxygens (including phenoxy) is 2. The van der Waals surface area contributed by atoms with Gasteiger partial charge >= 0.3 is 5.97 Å². The number of anilines is 2. The van der Waals surface area contributed by atoms with Crippen LogP contribution in [0.3, 0.4) is 0 Å². The van der Waals surface area contributed by atoms with E-state index in [4.69, 9.17) is 9.47 Å². The van der Waals surface area contributed by atoms with Gasteiger partial charge in [0.15, 0.2) is 5.82 Å². The molecule has 0 unspecified atom stereocenters. The van der Waals surface area contributed by atoms with Gasteiger partial charge in [-0.15, -0.1) is 10.2 Å². The summed E-state index contributed by atoms with van der Waals surface area (Å²) in [4.78, 5) is 23.7. The van der Waals surface area contributed by atoms with Crippen LogP contribution in [0.4, 0.5) is 17.2 Å². The number of carbonyl (C=O) groups excluding carboxylic acids is 1. The second-order valence-electron chi connectivity index (χ2n) is 7.14. The van der Waals surface area contributed by atoms with Crippen LogP contribution in [-0.4, -0.2) is 35.3 Å². The van der Waals surface area contributed by atoms with Crippen molar-refractivity contribution in [1.82, 2.24) is 10.2 Å². The average Bonchev–Trinajstić information content (AvgIpc) is 2.89. The highest BCUT2D eigenvalue weighted by molar-refractivity contribution is 6.05. The van der Waals surface area contributed by atoms with Gasteiger partial charge in [0, 0.05) is 17.2 Å². The van der Waals surface area contributed by atoms with E-state index >= 15 is 0 Å². The van der Waals surface area contributed by atoms with Crippen molar-refractivity contribution >= 4 is 23.2 Å². The van der Waals surface area contributed by atoms with Gasteiger partial charge in [-0.3, -0.25) is 10.1 Å². The maximum Gasteiger partial charge on any atom is 0.342 e. The summed E-state index contributed by atoms with van der Waals surface area (Å²) in [7, 11) is 2.68. The number of rotatable bonds is 7. The van der Waals surface area contributed by atoms with Crippen molar-refractivity contribution in [2.24, 2.45) is 0 Å². The van der Waals surface area contributed by atoms with Crippen molar-refractivity contribution in [3.05, 3.63) is 94.5 Å². The quantitative estimate of drug-likeness (QED) is 0.227. The zero-order chi connectivity index (χ0) is 24.1. The van der Waals surface area contributed by atoms with Gasteiger partial charge in [-0.2, -0.15) is 0 Å². The Kier molecular flexibility index (Phi) is 6.45. The van der Waals surface area contributed by atoms with Crippen LogP contribution in [0.5, 0.6) is 5.75 Å². The summed E-state index contributed by atoms with van der Waals surface area (Å²) < 4.78 is 10.4. The van der Waals surface area contributed by atoms with E-state index in [9.17, 15) is 14.9 Å². The number of aromatic nitrogens is 2. The summed E-state index contributed by atoms with van der Waals surface area (Å²) in [6, 6.07) is 22.8. The second kappa shape index (κ2) is 9.78. The molecule has 0 aliphatic rings. The molecule has 1 N–H and O–H groups in total. The Hall–Kier alpha value is -4.79. The molecule has 0 amide bonds. The van der Waals surface area contributed by atoms with E-state index in [1.165, 1.54) is 32.4 Å². The molecule has 3 aromatic carbocycles. The first-order valence-electron chi connectivity index (χ1n) is 10.2. The number of benzene rings is 3. The van der Waals surface area contributed by atoms with Crippen molar-refractivity contribution in [1.29, 1.82) is 0 Å². The Morgan fingerprint density at radius 3 is 2.15 bits per heavy atom. The third kappa shape index (κ3) is 4.40. The first-order chi connectivity index (χ1) is 16.5. The summed E-state index contributed by atoms with van der Waals surface area (Å²) in [5.74, 6) is -0.285. The number of methoxy groups -OCH3 is 2. The number of nitro groups is 1. The summed E-state index contributed by atoms with van der Waals surface area (Å²) in [5.41, 5.74) is 2.98. The van der Waals surface area contributed by atoms with Crippen LogP contribution in [-0.2, 0) is 4.74 Å². The molecule has 0 fully saturated rings. The first-order valence-corrected chi connectivity index (χ1v) is 10.2. The van der Waals surface area contributed by atoms with Gasteiger partial charge in [0.05, 0.1) is 30.9 Å². The summed E-state index contributed by atoms with van der Waals surface area (Å²) in [5, 5.41) is 22.9. The monoisotopic (exact) mass is 456 g/mol. The zero-order valence-corrected chi connectivity index (χ0v) is 18.4. The normalized spacial score (nSPS) is 10.4. The van der Waals surface area contributed by atoms with E-state index in [-0.39, 0.29) is 22.8 Å². The smallest absolute Gasteiger partial charge is 0.342 e. The zero-order valence-electron chi connectivity index (χ0n) is 18.4. The molecule has 0 aliphatic heterocycles. The van der Waals surface area contributed by atoms with Gasteiger partial charge in [-0.1, -0.05) is 60.7 Å². The number of carbonyl (C=O) groups is 1. The van der Waals surface area contributed by atoms with Gasteiger partial charge in [0.1, 0.15) is 17.0 Å². The topological polar surface area (TPSA) is 116 Å². The number of esters is 1. The van der Waals surface area contributed by atoms with Crippen molar-refractivity contribution in [3.63, 3.8) is 0 Å². The minimum Gasteiger partial charge on any atom is -0.494 e. The third-order valence-electron chi connectivity index (χ3n) is 5.12. The standard InChI is InChI=1S/C25H20N4O5/c1-33-20-15-18(29(31)32)13-14-19(20)26-24-22(25(30)34-2)21(16-9-5-3-6-10-16)23(27-28-24)17-11-7-4-8-12-17/h3-15H,1-2H3,(H,26,28). The second-order valence-corrected chi connectivity index (χ2v) is 7.14. The van der Waals surface area contributed by atoms with E-state index in [1.54, 1.807) is 0 Å². The summed E-state index contributed by atoms with van der Waals surface area (Å²) >= 11 is 0. The minimum atomic E-state index is -0.616. The number of nitrogens with zero attached hydrogens (tertiary/aromatic N) is 3. The minimum absolute atomic E-state index is 0.123. The van der Waals surface area contributed by atoms with Crippen LogP contribution in [0.25, 0.3) is 22.4 Å².